The lowest BCUT2D eigenvalue weighted by Gasteiger charge is -2.11. The molecule has 0 saturated heterocycles. The van der Waals surface area contributed by atoms with Crippen molar-refractivity contribution in [2.24, 2.45) is 0 Å². The van der Waals surface area contributed by atoms with Crippen LogP contribution in [-0.4, -0.2) is 32.3 Å². The molecule has 1 aromatic heterocycles. The van der Waals surface area contributed by atoms with Crippen molar-refractivity contribution in [1.29, 1.82) is 5.26 Å². The highest BCUT2D eigenvalue weighted by atomic mass is 16.6. The van der Waals surface area contributed by atoms with Crippen LogP contribution in [0.25, 0.3) is 17.0 Å². The van der Waals surface area contributed by atoms with Gasteiger partial charge in [-0.15, -0.1) is 0 Å². The highest BCUT2D eigenvalue weighted by molar-refractivity contribution is 5.98. The van der Waals surface area contributed by atoms with Crippen molar-refractivity contribution < 1.29 is 33.0 Å². The third-order valence-corrected chi connectivity index (χ3v) is 4.62. The number of nitrogens with zero attached hydrogens (tertiary/aromatic N) is 1. The van der Waals surface area contributed by atoms with Gasteiger partial charge in [-0.05, 0) is 55.3 Å². The molecule has 9 nitrogen and oxygen atoms in total. The fourth-order valence-electron chi connectivity index (χ4n) is 3.06. The number of aryl methyl sites for hydroxylation is 1. The van der Waals surface area contributed by atoms with E-state index in [4.69, 9.17) is 28.6 Å². The summed E-state index contributed by atoms with van der Waals surface area (Å²) in [5.41, 5.74) is 0.942. The molecule has 0 amide bonds. The fourth-order valence-corrected chi connectivity index (χ4v) is 3.06. The van der Waals surface area contributed by atoms with Gasteiger partial charge in [0, 0.05) is 17.5 Å². The van der Waals surface area contributed by atoms with Crippen LogP contribution in [0.15, 0.2) is 57.2 Å². The lowest BCUT2D eigenvalue weighted by atomic mass is 10.1. The summed E-state index contributed by atoms with van der Waals surface area (Å²) >= 11 is 0. The van der Waals surface area contributed by atoms with Gasteiger partial charge in [0.2, 0.25) is 0 Å². The molecule has 0 radical (unpaired) electrons. The second kappa shape index (κ2) is 10.8. The molecule has 0 atom stereocenters. The van der Waals surface area contributed by atoms with E-state index in [2.05, 4.69) is 0 Å². The standard InChI is InChI=1S/C25H21NO8/c1-4-31-25(29)17(13-26)10-16-5-8-20(22(11-16)30-3)33-24(28)14-32-18-6-7-19-15(2)9-23(27)34-21(19)12-18/h5-12H,4,14H2,1-3H3/b17-10+. The Morgan fingerprint density at radius 1 is 1.12 bits per heavy atom. The molecule has 0 saturated carbocycles. The van der Waals surface area contributed by atoms with Gasteiger partial charge < -0.3 is 23.4 Å². The molecule has 0 fully saturated rings. The van der Waals surface area contributed by atoms with Crippen molar-refractivity contribution in [2.45, 2.75) is 13.8 Å². The fraction of sp³-hybridized carbons (Fsp3) is 0.200. The largest absolute Gasteiger partial charge is 0.493 e. The second-order valence-corrected chi connectivity index (χ2v) is 6.97. The normalized spacial score (nSPS) is 10.9. The van der Waals surface area contributed by atoms with Gasteiger partial charge in [0.15, 0.2) is 18.1 Å². The molecule has 0 aliphatic rings. The molecule has 1 heterocycles. The molecule has 0 aliphatic carbocycles. The Labute approximate surface area is 194 Å². The van der Waals surface area contributed by atoms with Crippen molar-refractivity contribution in [3.63, 3.8) is 0 Å². The number of methoxy groups -OCH3 is 1. The average Bonchev–Trinajstić information content (AvgIpc) is 2.81. The minimum atomic E-state index is -0.736. The molecule has 0 N–H and O–H groups in total. The Hall–Kier alpha value is -4.58. The third kappa shape index (κ3) is 5.81. The molecular weight excluding hydrogens is 442 g/mol. The van der Waals surface area contributed by atoms with Gasteiger partial charge in [-0.2, -0.15) is 5.26 Å². The minimum absolute atomic E-state index is 0.128. The number of fused-ring (bicyclic) bond motifs is 1. The van der Waals surface area contributed by atoms with Crippen molar-refractivity contribution in [2.75, 3.05) is 20.3 Å². The number of ether oxygens (including phenoxy) is 4. The van der Waals surface area contributed by atoms with Gasteiger partial charge in [0.05, 0.1) is 13.7 Å². The van der Waals surface area contributed by atoms with E-state index >= 15 is 0 Å². The molecular formula is C25H21NO8. The molecule has 0 unspecified atom stereocenters. The van der Waals surface area contributed by atoms with Gasteiger partial charge >= 0.3 is 17.6 Å². The van der Waals surface area contributed by atoms with E-state index in [0.29, 0.717) is 16.9 Å². The zero-order valence-electron chi connectivity index (χ0n) is 18.7. The number of carbonyl (C=O) groups is 2. The lowest BCUT2D eigenvalue weighted by Crippen LogP contribution is -2.18. The maximum atomic E-state index is 12.3. The predicted molar refractivity (Wildman–Crippen MR) is 122 cm³/mol. The van der Waals surface area contributed by atoms with Crippen LogP contribution in [0.1, 0.15) is 18.1 Å². The Balaban J connectivity index is 1.70. The van der Waals surface area contributed by atoms with Gasteiger partial charge in [-0.25, -0.2) is 14.4 Å². The van der Waals surface area contributed by atoms with E-state index in [1.165, 1.54) is 37.5 Å². The molecule has 0 aliphatic heterocycles. The molecule has 34 heavy (non-hydrogen) atoms. The first-order valence-corrected chi connectivity index (χ1v) is 10.2. The molecule has 9 heteroatoms. The zero-order chi connectivity index (χ0) is 24.7. The molecule has 2 aromatic carbocycles. The lowest BCUT2D eigenvalue weighted by molar-refractivity contribution is -0.138. The van der Waals surface area contributed by atoms with Crippen molar-refractivity contribution in [1.82, 2.24) is 0 Å². The van der Waals surface area contributed by atoms with Gasteiger partial charge in [-0.1, -0.05) is 6.07 Å². The summed E-state index contributed by atoms with van der Waals surface area (Å²) in [6, 6.07) is 12.6. The Kier molecular flexibility index (Phi) is 7.67. The van der Waals surface area contributed by atoms with Crippen LogP contribution < -0.4 is 19.8 Å². The first-order valence-electron chi connectivity index (χ1n) is 10.2. The maximum Gasteiger partial charge on any atom is 0.349 e. The smallest absolute Gasteiger partial charge is 0.349 e. The maximum absolute atomic E-state index is 12.3. The van der Waals surface area contributed by atoms with Crippen molar-refractivity contribution >= 4 is 29.0 Å². The van der Waals surface area contributed by atoms with Crippen molar-refractivity contribution in [3.05, 3.63) is 69.6 Å². The van der Waals surface area contributed by atoms with Crippen LogP contribution in [0.4, 0.5) is 0 Å². The number of rotatable bonds is 8. The molecule has 174 valence electrons. The number of hydrogen-bond acceptors (Lipinski definition) is 9. The first-order chi connectivity index (χ1) is 16.3. The number of nitriles is 1. The van der Waals surface area contributed by atoms with Crippen LogP contribution in [0.5, 0.6) is 17.2 Å². The van der Waals surface area contributed by atoms with E-state index < -0.39 is 24.2 Å². The van der Waals surface area contributed by atoms with Crippen LogP contribution in [0.2, 0.25) is 0 Å². The number of carbonyl (C=O) groups excluding carboxylic acids is 2. The van der Waals surface area contributed by atoms with Gasteiger partial charge in [0.1, 0.15) is 23.0 Å². The van der Waals surface area contributed by atoms with E-state index in [1.54, 1.807) is 38.1 Å². The van der Waals surface area contributed by atoms with E-state index in [-0.39, 0.29) is 23.7 Å². The Morgan fingerprint density at radius 3 is 2.62 bits per heavy atom. The van der Waals surface area contributed by atoms with Crippen LogP contribution in [-0.2, 0) is 14.3 Å². The van der Waals surface area contributed by atoms with Gasteiger partial charge in [0.25, 0.3) is 0 Å². The Bertz CT molecular complexity index is 1360. The number of hydrogen-bond donors (Lipinski definition) is 0. The summed E-state index contributed by atoms with van der Waals surface area (Å²) in [4.78, 5) is 35.7. The van der Waals surface area contributed by atoms with Crippen LogP contribution in [0, 0.1) is 18.3 Å². The van der Waals surface area contributed by atoms with Crippen molar-refractivity contribution in [3.8, 4) is 23.3 Å². The summed E-state index contributed by atoms with van der Waals surface area (Å²) in [5, 5.41) is 9.93. The summed E-state index contributed by atoms with van der Waals surface area (Å²) in [5.74, 6) is -0.765. The van der Waals surface area contributed by atoms with E-state index in [0.717, 1.165) is 10.9 Å². The number of benzene rings is 2. The van der Waals surface area contributed by atoms with E-state index in [1.807, 2.05) is 0 Å². The highest BCUT2D eigenvalue weighted by Crippen LogP contribution is 2.29. The molecule has 3 aromatic rings. The van der Waals surface area contributed by atoms with E-state index in [9.17, 15) is 14.4 Å². The topological polar surface area (TPSA) is 125 Å². The predicted octanol–water partition coefficient (Wildman–Crippen LogP) is 3.56. The minimum Gasteiger partial charge on any atom is -0.493 e. The Morgan fingerprint density at radius 2 is 1.91 bits per heavy atom. The zero-order valence-corrected chi connectivity index (χ0v) is 18.7. The molecule has 3 rings (SSSR count). The highest BCUT2D eigenvalue weighted by Gasteiger charge is 2.14. The quantitative estimate of drug-likeness (QED) is 0.162. The summed E-state index contributed by atoms with van der Waals surface area (Å²) in [7, 11) is 1.39. The van der Waals surface area contributed by atoms with Crippen LogP contribution in [0.3, 0.4) is 0 Å². The molecule has 0 bridgehead atoms. The molecule has 0 spiro atoms. The summed E-state index contributed by atoms with van der Waals surface area (Å²) < 4.78 is 26.0. The summed E-state index contributed by atoms with van der Waals surface area (Å²) in [6.45, 7) is 3.17. The monoisotopic (exact) mass is 463 g/mol. The average molecular weight is 463 g/mol. The summed E-state index contributed by atoms with van der Waals surface area (Å²) in [6.07, 6.45) is 1.34. The SMILES string of the molecule is CCOC(=O)/C(C#N)=C/c1ccc(OC(=O)COc2ccc3c(C)cc(=O)oc3c2)c(OC)c1. The third-order valence-electron chi connectivity index (χ3n) is 4.62. The number of esters is 2. The first kappa shape index (κ1) is 24.1. The van der Waals surface area contributed by atoms with Gasteiger partial charge in [-0.3, -0.25) is 0 Å². The van der Waals surface area contributed by atoms with Crippen LogP contribution >= 0.6 is 0 Å². The second-order valence-electron chi connectivity index (χ2n) is 6.97.